The van der Waals surface area contributed by atoms with E-state index in [4.69, 9.17) is 0 Å². The fraction of sp³-hybridized carbons (Fsp3) is 1.00. The lowest BCUT2D eigenvalue weighted by Gasteiger charge is -2.57. The van der Waals surface area contributed by atoms with Gasteiger partial charge in [0.05, 0.1) is 0 Å². The van der Waals surface area contributed by atoms with Gasteiger partial charge >= 0.3 is 0 Å². The largest absolute Gasteiger partial charge is 0.0625 e. The Hall–Kier alpha value is 0. The highest BCUT2D eigenvalue weighted by atomic mass is 14.6. The van der Waals surface area contributed by atoms with Gasteiger partial charge in [-0.3, -0.25) is 0 Å². The third-order valence-corrected chi connectivity index (χ3v) is 7.65. The van der Waals surface area contributed by atoms with Crippen molar-refractivity contribution in [2.75, 3.05) is 0 Å². The van der Waals surface area contributed by atoms with Crippen LogP contribution in [0.2, 0.25) is 0 Å². The molecule has 2 unspecified atom stereocenters. The van der Waals surface area contributed by atoms with Crippen LogP contribution in [0.1, 0.15) is 81.1 Å². The molecule has 0 aliphatic heterocycles. The highest BCUT2D eigenvalue weighted by Crippen LogP contribution is 2.63. The summed E-state index contributed by atoms with van der Waals surface area (Å²) < 4.78 is 0. The summed E-state index contributed by atoms with van der Waals surface area (Å²) >= 11 is 0. The molecule has 0 N–H and O–H groups in total. The number of hydrogen-bond donors (Lipinski definition) is 0. The van der Waals surface area contributed by atoms with Crippen LogP contribution in [-0.2, 0) is 0 Å². The maximum atomic E-state index is 2.57. The van der Waals surface area contributed by atoms with Gasteiger partial charge in [0, 0.05) is 0 Å². The highest BCUT2D eigenvalue weighted by Gasteiger charge is 2.56. The van der Waals surface area contributed by atoms with Crippen molar-refractivity contribution in [1.82, 2.24) is 0 Å². The molecule has 2 aliphatic carbocycles. The molecule has 0 nitrogen and oxygen atoms in total. The van der Waals surface area contributed by atoms with Crippen molar-refractivity contribution in [3.05, 3.63) is 0 Å². The van der Waals surface area contributed by atoms with Crippen molar-refractivity contribution in [3.8, 4) is 0 Å². The molecular formula is C19H36. The normalized spacial score (nSPS) is 36.6. The van der Waals surface area contributed by atoms with Crippen LogP contribution in [0.15, 0.2) is 0 Å². The lowest BCUT2D eigenvalue weighted by molar-refractivity contribution is -0.0874. The van der Waals surface area contributed by atoms with Gasteiger partial charge in [0.15, 0.2) is 0 Å². The number of fused-ring (bicyclic) bond motifs is 2. The second-order valence-corrected chi connectivity index (χ2v) is 9.80. The van der Waals surface area contributed by atoms with Crippen molar-refractivity contribution >= 4 is 0 Å². The minimum atomic E-state index is 0.374. The van der Waals surface area contributed by atoms with Crippen molar-refractivity contribution in [2.24, 2.45) is 39.9 Å². The first-order valence-corrected chi connectivity index (χ1v) is 8.48. The van der Waals surface area contributed by atoms with Crippen molar-refractivity contribution in [2.45, 2.75) is 81.1 Å². The van der Waals surface area contributed by atoms with Gasteiger partial charge in [0.2, 0.25) is 0 Å². The molecule has 2 saturated carbocycles. The SMILES string of the molecule is CC1CC2CCC(C1)C2C(C)(C)C(C)(C)C(C)(C)C. The Kier molecular flexibility index (Phi) is 3.64. The molecule has 2 rings (SSSR count). The standard InChI is InChI=1S/C19H36/c1-13-11-14-9-10-15(12-13)16(14)18(5,6)19(7,8)17(2,3)4/h13-16H,9-12H2,1-8H3. The second kappa shape index (κ2) is 4.50. The van der Waals surface area contributed by atoms with Gasteiger partial charge in [0.1, 0.15) is 0 Å². The van der Waals surface area contributed by atoms with Gasteiger partial charge in [-0.05, 0) is 65.6 Å². The minimum absolute atomic E-state index is 0.374. The fourth-order valence-corrected chi connectivity index (χ4v) is 5.39. The summed E-state index contributed by atoms with van der Waals surface area (Å²) in [5.41, 5.74) is 1.20. The molecule has 0 aromatic carbocycles. The Bertz CT molecular complexity index is 314. The zero-order valence-corrected chi connectivity index (χ0v) is 14.6. The summed E-state index contributed by atoms with van der Waals surface area (Å²) in [4.78, 5) is 0. The summed E-state index contributed by atoms with van der Waals surface area (Å²) in [5, 5.41) is 0. The van der Waals surface area contributed by atoms with E-state index in [1.54, 1.807) is 0 Å². The van der Waals surface area contributed by atoms with Crippen LogP contribution >= 0.6 is 0 Å². The third kappa shape index (κ3) is 2.28. The van der Waals surface area contributed by atoms with Crippen LogP contribution in [0.4, 0.5) is 0 Å². The van der Waals surface area contributed by atoms with Gasteiger partial charge < -0.3 is 0 Å². The molecule has 2 aliphatic rings. The van der Waals surface area contributed by atoms with Crippen molar-refractivity contribution < 1.29 is 0 Å². The van der Waals surface area contributed by atoms with Gasteiger partial charge in [-0.1, -0.05) is 55.4 Å². The second-order valence-electron chi connectivity index (χ2n) is 9.80. The van der Waals surface area contributed by atoms with E-state index in [-0.39, 0.29) is 0 Å². The maximum absolute atomic E-state index is 2.57. The Balaban J connectivity index is 2.31. The summed E-state index contributed by atoms with van der Waals surface area (Å²) in [5.74, 6) is 3.94. The smallest absolute Gasteiger partial charge is 0.0251 e. The van der Waals surface area contributed by atoms with E-state index in [2.05, 4.69) is 55.4 Å². The molecule has 0 amide bonds. The van der Waals surface area contributed by atoms with E-state index < -0.39 is 0 Å². The fourth-order valence-electron chi connectivity index (χ4n) is 5.39. The monoisotopic (exact) mass is 264 g/mol. The first kappa shape index (κ1) is 15.4. The summed E-state index contributed by atoms with van der Waals surface area (Å²) in [6, 6.07) is 0. The summed E-state index contributed by atoms with van der Waals surface area (Å²) in [6.45, 7) is 20.0. The van der Waals surface area contributed by atoms with E-state index in [1.165, 1.54) is 25.7 Å². The zero-order valence-electron chi connectivity index (χ0n) is 14.6. The average Bonchev–Trinajstić information content (AvgIpc) is 2.50. The van der Waals surface area contributed by atoms with Crippen LogP contribution in [0.25, 0.3) is 0 Å². The molecule has 112 valence electrons. The van der Waals surface area contributed by atoms with E-state index in [1.807, 2.05) is 0 Å². The first-order chi connectivity index (χ1) is 8.48. The first-order valence-electron chi connectivity index (χ1n) is 8.48. The molecule has 0 radical (unpaired) electrons. The van der Waals surface area contributed by atoms with Crippen LogP contribution in [0.5, 0.6) is 0 Å². The molecular weight excluding hydrogens is 228 g/mol. The minimum Gasteiger partial charge on any atom is -0.0625 e. The van der Waals surface area contributed by atoms with E-state index >= 15 is 0 Å². The predicted octanol–water partition coefficient (Wildman–Crippen LogP) is 6.16. The van der Waals surface area contributed by atoms with Crippen molar-refractivity contribution in [1.29, 1.82) is 0 Å². The molecule has 2 fully saturated rings. The van der Waals surface area contributed by atoms with Crippen LogP contribution < -0.4 is 0 Å². The lowest BCUT2D eigenvalue weighted by Crippen LogP contribution is -2.50. The Morgan fingerprint density at radius 2 is 1.16 bits per heavy atom. The summed E-state index contributed by atoms with van der Waals surface area (Å²) in [6.07, 6.45) is 5.99. The van der Waals surface area contributed by atoms with E-state index in [0.717, 1.165) is 23.7 Å². The zero-order chi connectivity index (χ0) is 14.6. The average molecular weight is 264 g/mol. The Morgan fingerprint density at radius 1 is 0.737 bits per heavy atom. The molecule has 0 saturated heterocycles. The van der Waals surface area contributed by atoms with Gasteiger partial charge in [-0.25, -0.2) is 0 Å². The molecule has 0 aromatic heterocycles. The maximum Gasteiger partial charge on any atom is -0.0251 e. The molecule has 2 atom stereocenters. The summed E-state index contributed by atoms with van der Waals surface area (Å²) in [7, 11) is 0. The van der Waals surface area contributed by atoms with Gasteiger partial charge in [-0.2, -0.15) is 0 Å². The van der Waals surface area contributed by atoms with Gasteiger partial charge in [0.25, 0.3) is 0 Å². The molecule has 0 aromatic rings. The van der Waals surface area contributed by atoms with Crippen LogP contribution in [0.3, 0.4) is 0 Å². The van der Waals surface area contributed by atoms with E-state index in [9.17, 15) is 0 Å². The Labute approximate surface area is 121 Å². The predicted molar refractivity (Wildman–Crippen MR) is 85.1 cm³/mol. The van der Waals surface area contributed by atoms with Crippen LogP contribution in [-0.4, -0.2) is 0 Å². The molecule has 0 spiro atoms. The van der Waals surface area contributed by atoms with Gasteiger partial charge in [-0.15, -0.1) is 0 Å². The lowest BCUT2D eigenvalue weighted by atomic mass is 9.47. The molecule has 2 bridgehead atoms. The highest BCUT2D eigenvalue weighted by molar-refractivity contribution is 5.05. The number of rotatable bonds is 2. The molecule has 19 heavy (non-hydrogen) atoms. The van der Waals surface area contributed by atoms with Crippen molar-refractivity contribution in [3.63, 3.8) is 0 Å². The van der Waals surface area contributed by atoms with Crippen LogP contribution in [0, 0.1) is 39.9 Å². The topological polar surface area (TPSA) is 0 Å². The quantitative estimate of drug-likeness (QED) is 0.560. The molecule has 0 heteroatoms. The Morgan fingerprint density at radius 3 is 1.53 bits per heavy atom. The number of hydrogen-bond acceptors (Lipinski definition) is 0. The van der Waals surface area contributed by atoms with E-state index in [0.29, 0.717) is 16.2 Å². The third-order valence-electron chi connectivity index (χ3n) is 7.65. The molecule has 0 heterocycles.